The van der Waals surface area contributed by atoms with E-state index in [1.165, 1.54) is 18.2 Å². The molecule has 0 bridgehead atoms. The molecular formula is C15H20F3NO. The first-order valence-electron chi connectivity index (χ1n) is 6.95. The highest BCUT2D eigenvalue weighted by atomic mass is 19.4. The van der Waals surface area contributed by atoms with E-state index >= 15 is 0 Å². The Hall–Kier alpha value is -1.07. The van der Waals surface area contributed by atoms with Gasteiger partial charge in [-0.3, -0.25) is 0 Å². The summed E-state index contributed by atoms with van der Waals surface area (Å²) in [6, 6.07) is 5.34. The second-order valence-electron chi connectivity index (χ2n) is 5.62. The first-order valence-corrected chi connectivity index (χ1v) is 6.95. The van der Waals surface area contributed by atoms with Crippen LogP contribution in [0, 0.1) is 5.92 Å². The van der Waals surface area contributed by atoms with Gasteiger partial charge in [0, 0.05) is 6.04 Å². The molecule has 0 amide bonds. The largest absolute Gasteiger partial charge is 0.416 e. The first-order chi connectivity index (χ1) is 9.38. The summed E-state index contributed by atoms with van der Waals surface area (Å²) in [5.41, 5.74) is -0.767. The van der Waals surface area contributed by atoms with Gasteiger partial charge in [-0.2, -0.15) is 13.2 Å². The third kappa shape index (κ3) is 3.73. The van der Waals surface area contributed by atoms with Crippen LogP contribution >= 0.6 is 0 Å². The molecule has 1 aromatic carbocycles. The van der Waals surface area contributed by atoms with Gasteiger partial charge in [0.2, 0.25) is 0 Å². The van der Waals surface area contributed by atoms with E-state index in [1.807, 2.05) is 0 Å². The zero-order chi connectivity index (χ0) is 14.8. The molecule has 1 saturated heterocycles. The van der Waals surface area contributed by atoms with Gasteiger partial charge in [0.15, 0.2) is 0 Å². The lowest BCUT2D eigenvalue weighted by Gasteiger charge is -2.30. The van der Waals surface area contributed by atoms with Crippen LogP contribution in [0.25, 0.3) is 0 Å². The fraction of sp³-hybridized carbons (Fsp3) is 0.600. The third-order valence-corrected chi connectivity index (χ3v) is 3.89. The number of nitrogens with one attached hydrogen (secondary N) is 1. The van der Waals surface area contributed by atoms with E-state index in [9.17, 15) is 18.3 Å². The number of aliphatic hydroxyl groups is 1. The monoisotopic (exact) mass is 287 g/mol. The predicted octanol–water partition coefficient (Wildman–Crippen LogP) is 3.52. The van der Waals surface area contributed by atoms with E-state index < -0.39 is 17.8 Å². The second kappa shape index (κ2) is 6.14. The molecule has 1 aliphatic rings. The van der Waals surface area contributed by atoms with Crippen LogP contribution < -0.4 is 5.32 Å². The number of aliphatic hydroxyl groups excluding tert-OH is 1. The average Bonchev–Trinajstić information content (AvgIpc) is 2.37. The van der Waals surface area contributed by atoms with Gasteiger partial charge in [-0.15, -0.1) is 0 Å². The maximum atomic E-state index is 12.9. The Morgan fingerprint density at radius 2 is 2.05 bits per heavy atom. The molecule has 1 aromatic rings. The van der Waals surface area contributed by atoms with Crippen LogP contribution in [0.2, 0.25) is 0 Å². The maximum absolute atomic E-state index is 12.9. The van der Waals surface area contributed by atoms with Crippen molar-refractivity contribution < 1.29 is 18.3 Å². The van der Waals surface area contributed by atoms with E-state index in [1.54, 1.807) is 0 Å². The van der Waals surface area contributed by atoms with Crippen LogP contribution in [0.3, 0.4) is 0 Å². The fourth-order valence-electron chi connectivity index (χ4n) is 2.84. The van der Waals surface area contributed by atoms with Gasteiger partial charge in [0.25, 0.3) is 0 Å². The van der Waals surface area contributed by atoms with Crippen molar-refractivity contribution >= 4 is 0 Å². The standard InChI is InChI=1S/C15H20F3NO/c1-10-6-7-19-11(8-10)9-14(20)12-4-2-3-5-13(12)15(16,17)18/h2-5,10-11,14,19-20H,6-9H2,1H3. The minimum Gasteiger partial charge on any atom is -0.388 e. The van der Waals surface area contributed by atoms with Crippen LogP contribution in [0.15, 0.2) is 24.3 Å². The van der Waals surface area contributed by atoms with Crippen LogP contribution in [0.1, 0.15) is 43.4 Å². The molecule has 3 atom stereocenters. The first kappa shape index (κ1) is 15.3. The normalized spacial score (nSPS) is 25.4. The van der Waals surface area contributed by atoms with Crippen molar-refractivity contribution in [1.29, 1.82) is 0 Å². The predicted molar refractivity (Wildman–Crippen MR) is 71.2 cm³/mol. The molecule has 0 saturated carbocycles. The van der Waals surface area contributed by atoms with Crippen LogP contribution in [-0.4, -0.2) is 17.7 Å². The molecule has 2 N–H and O–H groups in total. The van der Waals surface area contributed by atoms with Gasteiger partial charge < -0.3 is 10.4 Å². The number of rotatable bonds is 3. The molecular weight excluding hydrogens is 267 g/mol. The van der Waals surface area contributed by atoms with Gasteiger partial charge in [-0.1, -0.05) is 25.1 Å². The van der Waals surface area contributed by atoms with Crippen molar-refractivity contribution in [1.82, 2.24) is 5.32 Å². The number of hydrogen-bond donors (Lipinski definition) is 2. The molecule has 112 valence electrons. The van der Waals surface area contributed by atoms with Crippen molar-refractivity contribution in [3.8, 4) is 0 Å². The Morgan fingerprint density at radius 3 is 2.70 bits per heavy atom. The smallest absolute Gasteiger partial charge is 0.388 e. The maximum Gasteiger partial charge on any atom is 0.416 e. The molecule has 2 rings (SSSR count). The van der Waals surface area contributed by atoms with E-state index in [0.717, 1.165) is 25.5 Å². The highest BCUT2D eigenvalue weighted by Crippen LogP contribution is 2.36. The Kier molecular flexibility index (Phi) is 4.70. The molecule has 0 radical (unpaired) electrons. The van der Waals surface area contributed by atoms with Crippen LogP contribution in [-0.2, 0) is 6.18 Å². The van der Waals surface area contributed by atoms with E-state index in [4.69, 9.17) is 0 Å². The third-order valence-electron chi connectivity index (χ3n) is 3.89. The van der Waals surface area contributed by atoms with Crippen molar-refractivity contribution in [2.75, 3.05) is 6.54 Å². The molecule has 20 heavy (non-hydrogen) atoms. The summed E-state index contributed by atoms with van der Waals surface area (Å²) in [4.78, 5) is 0. The quantitative estimate of drug-likeness (QED) is 0.891. The van der Waals surface area contributed by atoms with E-state index in [0.29, 0.717) is 12.3 Å². The molecule has 1 heterocycles. The number of alkyl halides is 3. The topological polar surface area (TPSA) is 32.3 Å². The molecule has 1 fully saturated rings. The number of piperidine rings is 1. The van der Waals surface area contributed by atoms with Crippen molar-refractivity contribution in [3.05, 3.63) is 35.4 Å². The number of halogens is 3. The Labute approximate surface area is 117 Å². The summed E-state index contributed by atoms with van der Waals surface area (Å²) in [6.07, 6.45) is -3.23. The van der Waals surface area contributed by atoms with Crippen molar-refractivity contribution in [2.45, 2.75) is 44.5 Å². The van der Waals surface area contributed by atoms with Crippen molar-refractivity contribution in [2.24, 2.45) is 5.92 Å². The van der Waals surface area contributed by atoms with Gasteiger partial charge in [-0.25, -0.2) is 0 Å². The summed E-state index contributed by atoms with van der Waals surface area (Å²) >= 11 is 0. The van der Waals surface area contributed by atoms with E-state index in [2.05, 4.69) is 12.2 Å². The van der Waals surface area contributed by atoms with Crippen LogP contribution in [0.4, 0.5) is 13.2 Å². The lowest BCUT2D eigenvalue weighted by atomic mass is 9.89. The lowest BCUT2D eigenvalue weighted by molar-refractivity contribution is -0.139. The average molecular weight is 287 g/mol. The van der Waals surface area contributed by atoms with Gasteiger partial charge in [0.05, 0.1) is 11.7 Å². The highest BCUT2D eigenvalue weighted by Gasteiger charge is 2.35. The SMILES string of the molecule is CC1CCNC(CC(O)c2ccccc2C(F)(F)F)C1. The molecule has 0 aliphatic carbocycles. The molecule has 2 nitrogen and oxygen atoms in total. The number of benzene rings is 1. The zero-order valence-electron chi connectivity index (χ0n) is 11.5. The Morgan fingerprint density at radius 1 is 1.35 bits per heavy atom. The summed E-state index contributed by atoms with van der Waals surface area (Å²) in [6.45, 7) is 2.99. The Balaban J connectivity index is 2.11. The van der Waals surface area contributed by atoms with Crippen molar-refractivity contribution in [3.63, 3.8) is 0 Å². The van der Waals surface area contributed by atoms with E-state index in [-0.39, 0.29) is 11.6 Å². The summed E-state index contributed by atoms with van der Waals surface area (Å²) < 4.78 is 38.8. The molecule has 0 aromatic heterocycles. The second-order valence-corrected chi connectivity index (χ2v) is 5.62. The molecule has 0 spiro atoms. The van der Waals surface area contributed by atoms with Crippen LogP contribution in [0.5, 0.6) is 0 Å². The highest BCUT2D eigenvalue weighted by molar-refractivity contribution is 5.31. The minimum atomic E-state index is -4.43. The molecule has 3 unspecified atom stereocenters. The fourth-order valence-corrected chi connectivity index (χ4v) is 2.84. The Bertz CT molecular complexity index is 447. The minimum absolute atomic E-state index is 0.0278. The zero-order valence-corrected chi connectivity index (χ0v) is 11.5. The van der Waals surface area contributed by atoms with Gasteiger partial charge in [0.1, 0.15) is 0 Å². The number of hydrogen-bond acceptors (Lipinski definition) is 2. The summed E-state index contributed by atoms with van der Waals surface area (Å²) in [7, 11) is 0. The summed E-state index contributed by atoms with van der Waals surface area (Å²) in [5.74, 6) is 0.548. The molecule has 1 aliphatic heterocycles. The van der Waals surface area contributed by atoms with Gasteiger partial charge >= 0.3 is 6.18 Å². The summed E-state index contributed by atoms with van der Waals surface area (Å²) in [5, 5.41) is 13.4. The lowest BCUT2D eigenvalue weighted by Crippen LogP contribution is -2.38. The van der Waals surface area contributed by atoms with Gasteiger partial charge in [-0.05, 0) is 43.4 Å². The molecule has 5 heteroatoms.